The largest absolute Gasteiger partial charge is 0.416 e. The van der Waals surface area contributed by atoms with Crippen molar-refractivity contribution in [2.45, 2.75) is 25.2 Å². The van der Waals surface area contributed by atoms with Crippen molar-refractivity contribution in [1.29, 1.82) is 0 Å². The molecule has 0 unspecified atom stereocenters. The molecule has 1 aromatic rings. The highest BCUT2D eigenvalue weighted by Gasteiger charge is 2.43. The van der Waals surface area contributed by atoms with Crippen molar-refractivity contribution in [2.24, 2.45) is 5.73 Å². The summed E-state index contributed by atoms with van der Waals surface area (Å²) in [5.74, 6) is -0.560. The van der Waals surface area contributed by atoms with Crippen LogP contribution in [-0.4, -0.2) is 17.4 Å². The smallest absolute Gasteiger partial charge is 0.382 e. The predicted molar refractivity (Wildman–Crippen MR) is 57.4 cm³/mol. The third kappa shape index (κ3) is 3.83. The summed E-state index contributed by atoms with van der Waals surface area (Å²) in [6, 6.07) is 1.61. The van der Waals surface area contributed by atoms with Gasteiger partial charge in [-0.25, -0.2) is 4.39 Å². The van der Waals surface area contributed by atoms with Crippen LogP contribution in [0.15, 0.2) is 18.2 Å². The van der Waals surface area contributed by atoms with Crippen molar-refractivity contribution in [3.05, 3.63) is 35.1 Å². The van der Waals surface area contributed by atoms with Crippen LogP contribution in [0.3, 0.4) is 0 Å². The van der Waals surface area contributed by atoms with Crippen LogP contribution in [0.2, 0.25) is 0 Å². The average molecular weight is 274 g/mol. The highest BCUT2D eigenvalue weighted by Crippen LogP contribution is 2.30. The Bertz CT molecular complexity index is 383. The molecule has 17 heavy (non-hydrogen) atoms. The number of aliphatic hydroxyl groups is 1. The molecular weight excluding hydrogens is 262 g/mol. The maximum atomic E-state index is 12.7. The number of hydrogen-bond acceptors (Lipinski definition) is 2. The molecule has 0 aromatic heterocycles. The third-order valence-corrected chi connectivity index (χ3v) is 2.27. The quantitative estimate of drug-likeness (QED) is 0.813. The summed E-state index contributed by atoms with van der Waals surface area (Å²) >= 11 is 0. The molecule has 1 rings (SSSR count). The Balaban J connectivity index is 0.00000256. The highest BCUT2D eigenvalue weighted by molar-refractivity contribution is 5.85. The lowest BCUT2D eigenvalue weighted by Gasteiger charge is -2.22. The van der Waals surface area contributed by atoms with Gasteiger partial charge < -0.3 is 10.8 Å². The van der Waals surface area contributed by atoms with Gasteiger partial charge in [-0.1, -0.05) is 6.07 Å². The first kappa shape index (κ1) is 16.1. The molecule has 0 fully saturated rings. The third-order valence-electron chi connectivity index (χ3n) is 2.27. The molecule has 0 aliphatic rings. The lowest BCUT2D eigenvalue weighted by atomic mass is 9.97. The van der Waals surface area contributed by atoms with Gasteiger partial charge in [-0.15, -0.1) is 12.4 Å². The van der Waals surface area contributed by atoms with Crippen molar-refractivity contribution in [2.75, 3.05) is 0 Å². The standard InChI is InChI=1S/C10H11F4NO.ClH/c1-5-4-6(11)2-3-7(5)8(15)9(16)10(12,13)14;/h2-4,8-9,16H,15H2,1H3;1H/t8-,9-;/m0./s1. The summed E-state index contributed by atoms with van der Waals surface area (Å²) in [6.07, 6.45) is -7.45. The molecule has 0 radical (unpaired) electrons. The fraction of sp³-hybridized carbons (Fsp3) is 0.400. The van der Waals surface area contributed by atoms with Crippen molar-refractivity contribution in [1.82, 2.24) is 0 Å². The second-order valence-corrected chi connectivity index (χ2v) is 3.51. The number of halogens is 5. The van der Waals surface area contributed by atoms with Gasteiger partial charge in [0.1, 0.15) is 5.82 Å². The molecule has 0 saturated carbocycles. The molecule has 7 heteroatoms. The fourth-order valence-corrected chi connectivity index (χ4v) is 1.39. The maximum Gasteiger partial charge on any atom is 0.416 e. The topological polar surface area (TPSA) is 46.2 Å². The zero-order chi connectivity index (χ0) is 12.5. The molecule has 0 spiro atoms. The van der Waals surface area contributed by atoms with E-state index in [1.165, 1.54) is 6.92 Å². The summed E-state index contributed by atoms with van der Waals surface area (Å²) in [5.41, 5.74) is 5.63. The molecule has 0 bridgehead atoms. The highest BCUT2D eigenvalue weighted by atomic mass is 35.5. The molecule has 98 valence electrons. The number of alkyl halides is 3. The maximum absolute atomic E-state index is 12.7. The van der Waals surface area contributed by atoms with Gasteiger partial charge >= 0.3 is 6.18 Å². The van der Waals surface area contributed by atoms with E-state index in [0.29, 0.717) is 0 Å². The van der Waals surface area contributed by atoms with E-state index in [1.54, 1.807) is 0 Å². The number of nitrogens with two attached hydrogens (primary N) is 1. The van der Waals surface area contributed by atoms with E-state index in [0.717, 1.165) is 18.2 Å². The molecule has 3 N–H and O–H groups in total. The Labute approximate surface area is 102 Å². The van der Waals surface area contributed by atoms with Crippen LogP contribution in [0, 0.1) is 12.7 Å². The minimum absolute atomic E-state index is 0. The van der Waals surface area contributed by atoms with Crippen LogP contribution < -0.4 is 5.73 Å². The summed E-state index contributed by atoms with van der Waals surface area (Å²) in [6.45, 7) is 1.43. The van der Waals surface area contributed by atoms with E-state index in [9.17, 15) is 17.6 Å². The number of benzene rings is 1. The molecule has 1 aromatic carbocycles. The zero-order valence-electron chi connectivity index (χ0n) is 8.83. The molecular formula is C10H12ClF4NO. The van der Waals surface area contributed by atoms with E-state index in [4.69, 9.17) is 10.8 Å². The average Bonchev–Trinajstić information content (AvgIpc) is 2.14. The first-order chi connectivity index (χ1) is 7.23. The first-order valence-electron chi connectivity index (χ1n) is 4.50. The number of hydrogen-bond donors (Lipinski definition) is 2. The van der Waals surface area contributed by atoms with Gasteiger partial charge in [-0.05, 0) is 30.2 Å². The predicted octanol–water partition coefficient (Wildman–Crippen LogP) is 2.48. The Kier molecular flexibility index (Phi) is 5.38. The van der Waals surface area contributed by atoms with Crippen molar-refractivity contribution >= 4 is 12.4 Å². The van der Waals surface area contributed by atoms with Crippen molar-refractivity contribution in [3.63, 3.8) is 0 Å². The van der Waals surface area contributed by atoms with E-state index in [2.05, 4.69) is 0 Å². The zero-order valence-corrected chi connectivity index (χ0v) is 9.65. The molecule has 0 aliphatic heterocycles. The Morgan fingerprint density at radius 1 is 1.29 bits per heavy atom. The van der Waals surface area contributed by atoms with Crippen LogP contribution in [0.1, 0.15) is 17.2 Å². The number of aryl methyl sites for hydroxylation is 1. The van der Waals surface area contributed by atoms with Gasteiger partial charge in [0, 0.05) is 0 Å². The Morgan fingerprint density at radius 3 is 2.24 bits per heavy atom. The molecule has 0 aliphatic carbocycles. The normalized spacial score (nSPS) is 15.0. The van der Waals surface area contributed by atoms with E-state index in [1.807, 2.05) is 0 Å². The van der Waals surface area contributed by atoms with Crippen LogP contribution in [0.5, 0.6) is 0 Å². The first-order valence-corrected chi connectivity index (χ1v) is 4.50. The Morgan fingerprint density at radius 2 is 1.82 bits per heavy atom. The number of aliphatic hydroxyl groups excluding tert-OH is 1. The summed E-state index contributed by atoms with van der Waals surface area (Å²) in [4.78, 5) is 0. The lowest BCUT2D eigenvalue weighted by molar-refractivity contribution is -0.210. The second-order valence-electron chi connectivity index (χ2n) is 3.51. The van der Waals surface area contributed by atoms with Crippen LogP contribution in [-0.2, 0) is 0 Å². The van der Waals surface area contributed by atoms with Gasteiger partial charge in [0.2, 0.25) is 0 Å². The summed E-state index contributed by atoms with van der Waals surface area (Å²) < 4.78 is 49.3. The second kappa shape index (κ2) is 5.66. The molecule has 0 heterocycles. The van der Waals surface area contributed by atoms with Gasteiger partial charge in [-0.2, -0.15) is 13.2 Å². The fourth-order valence-electron chi connectivity index (χ4n) is 1.39. The molecule has 0 amide bonds. The van der Waals surface area contributed by atoms with E-state index < -0.39 is 24.1 Å². The van der Waals surface area contributed by atoms with Gasteiger partial charge in [0.05, 0.1) is 6.04 Å². The SMILES string of the molecule is Cc1cc(F)ccc1[C@H](N)[C@H](O)C(F)(F)F.Cl. The van der Waals surface area contributed by atoms with Crippen LogP contribution >= 0.6 is 12.4 Å². The van der Waals surface area contributed by atoms with Gasteiger partial charge in [0.25, 0.3) is 0 Å². The molecule has 2 nitrogen and oxygen atoms in total. The summed E-state index contributed by atoms with van der Waals surface area (Å²) in [5, 5.41) is 8.96. The summed E-state index contributed by atoms with van der Waals surface area (Å²) in [7, 11) is 0. The van der Waals surface area contributed by atoms with Crippen molar-refractivity contribution in [3.8, 4) is 0 Å². The lowest BCUT2D eigenvalue weighted by Crippen LogP contribution is -2.39. The van der Waals surface area contributed by atoms with E-state index >= 15 is 0 Å². The minimum Gasteiger partial charge on any atom is -0.382 e. The minimum atomic E-state index is -4.79. The molecule has 0 saturated heterocycles. The van der Waals surface area contributed by atoms with Crippen LogP contribution in [0.25, 0.3) is 0 Å². The Hall–Kier alpha value is -0.850. The van der Waals surface area contributed by atoms with Crippen molar-refractivity contribution < 1.29 is 22.7 Å². The van der Waals surface area contributed by atoms with E-state index in [-0.39, 0.29) is 23.5 Å². The van der Waals surface area contributed by atoms with Gasteiger partial charge in [-0.3, -0.25) is 0 Å². The van der Waals surface area contributed by atoms with Gasteiger partial charge in [0.15, 0.2) is 6.10 Å². The number of rotatable bonds is 2. The molecule has 2 atom stereocenters. The monoisotopic (exact) mass is 273 g/mol. The van der Waals surface area contributed by atoms with Crippen LogP contribution in [0.4, 0.5) is 17.6 Å².